The Bertz CT molecular complexity index is 1180. The highest BCUT2D eigenvalue weighted by molar-refractivity contribution is 6.00. The lowest BCUT2D eigenvalue weighted by Gasteiger charge is -2.35. The van der Waals surface area contributed by atoms with Gasteiger partial charge in [-0.3, -0.25) is 9.48 Å². The van der Waals surface area contributed by atoms with E-state index >= 15 is 0 Å². The Kier molecular flexibility index (Phi) is 6.60. The standard InChI is InChI=1S/C12H11N5O2.C10H15F2N2O/c1-2-17-6-7(3-15-17)9-5-14-11-10(16-9)8(4-13-11)12(18)19;11-10(12)3-5-14(6-4-10)9(15)8(13)7-1-2-7/h3-6H,2H2,1H3,(H,13,14)(H,18,19);7-8,13H,1-6H2/q;-1/t;8-/m.1/s1. The second-order valence-electron chi connectivity index (χ2n) is 8.54. The summed E-state index contributed by atoms with van der Waals surface area (Å²) < 4.78 is 27.4. The third kappa shape index (κ3) is 5.22. The van der Waals surface area contributed by atoms with E-state index < -0.39 is 17.9 Å². The first kappa shape index (κ1) is 23.7. The Morgan fingerprint density at radius 2 is 2.00 bits per heavy atom. The number of aryl methyl sites for hydroxylation is 1. The molecule has 0 unspecified atom stereocenters. The molecular weight excluding hydrogens is 448 g/mol. The fourth-order valence-electron chi connectivity index (χ4n) is 3.74. The van der Waals surface area contributed by atoms with Gasteiger partial charge in [-0.15, -0.1) is 0 Å². The van der Waals surface area contributed by atoms with Gasteiger partial charge in [-0.2, -0.15) is 5.10 Å². The Balaban J connectivity index is 0.000000166. The fraction of sp³-hybridized carbons (Fsp3) is 0.500. The van der Waals surface area contributed by atoms with Crippen molar-refractivity contribution < 1.29 is 23.5 Å². The zero-order valence-corrected chi connectivity index (χ0v) is 18.7. The van der Waals surface area contributed by atoms with E-state index in [2.05, 4.69) is 20.1 Å². The molecule has 0 aromatic carbocycles. The number of aromatic carboxylic acids is 1. The van der Waals surface area contributed by atoms with Crippen LogP contribution in [0.5, 0.6) is 0 Å². The van der Waals surface area contributed by atoms with Gasteiger partial charge in [0.25, 0.3) is 5.92 Å². The van der Waals surface area contributed by atoms with Crippen LogP contribution in [0.15, 0.2) is 24.8 Å². The first-order valence-electron chi connectivity index (χ1n) is 11.2. The summed E-state index contributed by atoms with van der Waals surface area (Å²) in [7, 11) is 0. The van der Waals surface area contributed by atoms with Gasteiger partial charge < -0.3 is 20.7 Å². The molecule has 1 aliphatic carbocycles. The average Bonchev–Trinajstić information content (AvgIpc) is 3.39. The predicted molar refractivity (Wildman–Crippen MR) is 119 cm³/mol. The van der Waals surface area contributed by atoms with Crippen LogP contribution in [-0.4, -0.2) is 71.7 Å². The molecule has 2 fully saturated rings. The molecule has 0 spiro atoms. The lowest BCUT2D eigenvalue weighted by atomic mass is 10.0. The molecule has 3 N–H and O–H groups in total. The van der Waals surface area contributed by atoms with Crippen LogP contribution in [0.25, 0.3) is 28.2 Å². The van der Waals surface area contributed by atoms with Crippen LogP contribution in [-0.2, 0) is 11.3 Å². The third-order valence-electron chi connectivity index (χ3n) is 6.03. The van der Waals surface area contributed by atoms with Crippen molar-refractivity contribution in [2.24, 2.45) is 5.92 Å². The number of carboxylic acids is 1. The lowest BCUT2D eigenvalue weighted by Crippen LogP contribution is -2.46. The van der Waals surface area contributed by atoms with Gasteiger partial charge in [0.15, 0.2) is 5.65 Å². The molecule has 1 atom stereocenters. The second kappa shape index (κ2) is 9.45. The summed E-state index contributed by atoms with van der Waals surface area (Å²) in [5.74, 6) is -3.72. The number of halogens is 2. The number of aromatic amines is 1. The minimum absolute atomic E-state index is 0.105. The molecular formula is C22H26F2N7O3-. The smallest absolute Gasteiger partial charge is 0.339 e. The monoisotopic (exact) mass is 474 g/mol. The van der Waals surface area contributed by atoms with Gasteiger partial charge in [0.05, 0.1) is 18.1 Å². The fourth-order valence-corrected chi connectivity index (χ4v) is 3.74. The summed E-state index contributed by atoms with van der Waals surface area (Å²) >= 11 is 0. The highest BCUT2D eigenvalue weighted by Gasteiger charge is 2.37. The maximum atomic E-state index is 12.8. The number of hydrogen-bond acceptors (Lipinski definition) is 5. The number of amides is 1. The van der Waals surface area contributed by atoms with E-state index in [0.29, 0.717) is 16.9 Å². The van der Waals surface area contributed by atoms with Gasteiger partial charge in [-0.25, -0.2) is 23.5 Å². The average molecular weight is 474 g/mol. The number of rotatable bonds is 5. The first-order valence-corrected chi connectivity index (χ1v) is 11.2. The van der Waals surface area contributed by atoms with Gasteiger partial charge in [-0.05, 0) is 12.8 Å². The molecule has 4 heterocycles. The maximum absolute atomic E-state index is 12.8. The highest BCUT2D eigenvalue weighted by atomic mass is 19.3. The number of hydrogen-bond donors (Lipinski definition) is 2. The number of nitrogens with zero attached hydrogens (tertiary/aromatic N) is 5. The number of carbonyl (C=O) groups excluding carboxylic acids is 1. The Hall–Kier alpha value is -3.41. The number of likely N-dealkylation sites (tertiary alicyclic amines) is 1. The number of carboxylic acid groups (broad SMARTS) is 1. The normalized spacial score (nSPS) is 18.3. The summed E-state index contributed by atoms with van der Waals surface area (Å²) in [6.07, 6.45) is 7.89. The molecule has 0 bridgehead atoms. The summed E-state index contributed by atoms with van der Waals surface area (Å²) in [6, 6.07) is -0.711. The number of H-pyrrole nitrogens is 1. The number of piperidine rings is 1. The van der Waals surface area contributed by atoms with Crippen LogP contribution in [0.1, 0.15) is 43.0 Å². The number of nitrogens with one attached hydrogen (secondary N) is 2. The molecule has 0 radical (unpaired) electrons. The third-order valence-corrected chi connectivity index (χ3v) is 6.03. The van der Waals surface area contributed by atoms with E-state index in [1.54, 1.807) is 17.1 Å². The van der Waals surface area contributed by atoms with E-state index in [4.69, 9.17) is 10.8 Å². The van der Waals surface area contributed by atoms with Crippen LogP contribution < -0.4 is 0 Å². The maximum Gasteiger partial charge on any atom is 0.339 e. The largest absolute Gasteiger partial charge is 0.667 e. The van der Waals surface area contributed by atoms with Crippen molar-refractivity contribution in [1.82, 2.24) is 29.6 Å². The summed E-state index contributed by atoms with van der Waals surface area (Å²) in [5, 5.41) is 13.2. The summed E-state index contributed by atoms with van der Waals surface area (Å²) in [6.45, 7) is 2.96. The van der Waals surface area contributed by atoms with Crippen LogP contribution in [0.3, 0.4) is 0 Å². The second-order valence-corrected chi connectivity index (χ2v) is 8.54. The number of carbonyl (C=O) groups is 2. The lowest BCUT2D eigenvalue weighted by molar-refractivity contribution is -0.138. The van der Waals surface area contributed by atoms with Crippen molar-refractivity contribution in [3.63, 3.8) is 0 Å². The molecule has 12 heteroatoms. The molecule has 34 heavy (non-hydrogen) atoms. The molecule has 3 aromatic heterocycles. The van der Waals surface area contributed by atoms with Gasteiger partial charge in [-0.1, -0.05) is 18.9 Å². The topological polar surface area (TPSA) is 141 Å². The summed E-state index contributed by atoms with van der Waals surface area (Å²) in [5.41, 5.74) is 10.0. The zero-order chi connectivity index (χ0) is 24.5. The number of aromatic nitrogens is 5. The predicted octanol–water partition coefficient (Wildman–Crippen LogP) is 3.61. The zero-order valence-electron chi connectivity index (χ0n) is 18.7. The Morgan fingerprint density at radius 1 is 1.29 bits per heavy atom. The van der Waals surface area contributed by atoms with Crippen molar-refractivity contribution in [3.8, 4) is 11.3 Å². The SMILES string of the molecule is CCn1cc(-c2cnc3[nH]cc(C(=O)O)c3n2)cn1.[NH-][C@@H](C(=O)N1CCC(F)(F)CC1)C1CC1. The minimum atomic E-state index is -2.62. The van der Waals surface area contributed by atoms with Gasteiger partial charge in [0, 0.05) is 50.4 Å². The van der Waals surface area contributed by atoms with Crippen molar-refractivity contribution >= 4 is 23.0 Å². The molecule has 10 nitrogen and oxygen atoms in total. The Labute approximate surface area is 194 Å². The van der Waals surface area contributed by atoms with Crippen molar-refractivity contribution in [3.05, 3.63) is 36.1 Å². The van der Waals surface area contributed by atoms with Crippen molar-refractivity contribution in [2.75, 3.05) is 13.1 Å². The Morgan fingerprint density at radius 3 is 2.59 bits per heavy atom. The highest BCUT2D eigenvalue weighted by Crippen LogP contribution is 2.36. The van der Waals surface area contributed by atoms with Crippen molar-refractivity contribution in [2.45, 2.75) is 51.1 Å². The number of alkyl halides is 2. The molecule has 1 saturated heterocycles. The van der Waals surface area contributed by atoms with Crippen molar-refractivity contribution in [1.29, 1.82) is 0 Å². The molecule has 3 aromatic rings. The van der Waals surface area contributed by atoms with Crippen LogP contribution >= 0.6 is 0 Å². The molecule has 182 valence electrons. The molecule has 1 amide bonds. The minimum Gasteiger partial charge on any atom is -0.667 e. The van der Waals surface area contributed by atoms with Gasteiger partial charge in [0.2, 0.25) is 5.91 Å². The van der Waals surface area contributed by atoms with E-state index in [-0.39, 0.29) is 43.3 Å². The van der Waals surface area contributed by atoms with E-state index in [1.807, 2.05) is 13.1 Å². The van der Waals surface area contributed by atoms with Gasteiger partial charge >= 0.3 is 5.97 Å². The quantitative estimate of drug-likeness (QED) is 0.579. The molecule has 5 rings (SSSR count). The van der Waals surface area contributed by atoms with Crippen LogP contribution in [0, 0.1) is 5.92 Å². The van der Waals surface area contributed by atoms with E-state index in [1.165, 1.54) is 11.1 Å². The molecule has 2 aliphatic rings. The summed E-state index contributed by atoms with van der Waals surface area (Å²) in [4.78, 5) is 35.5. The van der Waals surface area contributed by atoms with Crippen LogP contribution in [0.4, 0.5) is 8.78 Å². The van der Waals surface area contributed by atoms with Crippen LogP contribution in [0.2, 0.25) is 0 Å². The van der Waals surface area contributed by atoms with E-state index in [9.17, 15) is 18.4 Å². The first-order chi connectivity index (χ1) is 16.2. The number of fused-ring (bicyclic) bond motifs is 1. The molecule has 1 aliphatic heterocycles. The molecule has 1 saturated carbocycles. The van der Waals surface area contributed by atoms with Gasteiger partial charge in [0.1, 0.15) is 11.1 Å². The van der Waals surface area contributed by atoms with E-state index in [0.717, 1.165) is 24.9 Å².